The Morgan fingerprint density at radius 3 is 1.77 bits per heavy atom. The lowest BCUT2D eigenvalue weighted by Crippen LogP contribution is -1.92. The maximum Gasteiger partial charge on any atom is 0.0404 e. The minimum atomic E-state index is 0. The van der Waals surface area contributed by atoms with Crippen LogP contribution in [0.4, 0.5) is 0 Å². The smallest absolute Gasteiger partial charge is 0.0404 e. The van der Waals surface area contributed by atoms with Crippen LogP contribution in [0.1, 0.15) is 95.2 Å². The lowest BCUT2D eigenvalue weighted by Gasteiger charge is -2.05. The summed E-state index contributed by atoms with van der Waals surface area (Å²) in [6.07, 6.45) is 20.1. The van der Waals surface area contributed by atoms with E-state index in [0.717, 1.165) is 0 Å². The van der Waals surface area contributed by atoms with Gasteiger partial charge in [-0.15, -0.1) is 17.0 Å². The summed E-state index contributed by atoms with van der Waals surface area (Å²) in [7, 11) is 0. The summed E-state index contributed by atoms with van der Waals surface area (Å²) in [5.41, 5.74) is 2.64. The van der Waals surface area contributed by atoms with Gasteiger partial charge in [0.05, 0.1) is 0 Å². The van der Waals surface area contributed by atoms with Crippen LogP contribution < -0.4 is 0 Å². The fourth-order valence-corrected chi connectivity index (χ4v) is 2.94. The fourth-order valence-electron chi connectivity index (χ4n) is 2.94. The number of aromatic nitrogens is 1. The van der Waals surface area contributed by atoms with Gasteiger partial charge in [0.2, 0.25) is 0 Å². The Labute approximate surface area is 149 Å². The van der Waals surface area contributed by atoms with Gasteiger partial charge in [-0.25, -0.2) is 0 Å². The second-order valence-corrected chi connectivity index (χ2v) is 6.39. The Morgan fingerprint density at radius 2 is 1.27 bits per heavy atom. The minimum Gasteiger partial charge on any atom is -0.261 e. The van der Waals surface area contributed by atoms with Crippen molar-refractivity contribution in [2.24, 2.45) is 0 Å². The Morgan fingerprint density at radius 1 is 0.773 bits per heavy atom. The molecule has 2 heteroatoms. The first-order valence-electron chi connectivity index (χ1n) is 9.25. The lowest BCUT2D eigenvalue weighted by molar-refractivity contribution is 0.544. The van der Waals surface area contributed by atoms with Crippen molar-refractivity contribution in [3.05, 3.63) is 29.6 Å². The Bertz CT molecular complexity index is 351. The molecule has 1 nitrogen and oxygen atoms in total. The molecule has 0 aliphatic heterocycles. The SMILES string of the molecule is Br.CCCCCCCCCCCCCCc1cccnc1C. The van der Waals surface area contributed by atoms with Gasteiger partial charge in [-0.2, -0.15) is 0 Å². The van der Waals surface area contributed by atoms with Crippen molar-refractivity contribution in [2.75, 3.05) is 0 Å². The fraction of sp³-hybridized carbons (Fsp3) is 0.750. The quantitative estimate of drug-likeness (QED) is 0.334. The third-order valence-corrected chi connectivity index (χ3v) is 4.42. The van der Waals surface area contributed by atoms with Gasteiger partial charge in [0.1, 0.15) is 0 Å². The lowest BCUT2D eigenvalue weighted by atomic mass is 10.0. The van der Waals surface area contributed by atoms with Crippen molar-refractivity contribution in [1.29, 1.82) is 0 Å². The maximum atomic E-state index is 4.35. The monoisotopic (exact) mass is 369 g/mol. The molecule has 1 rings (SSSR count). The van der Waals surface area contributed by atoms with Crippen LogP contribution in [0.2, 0.25) is 0 Å². The first-order valence-corrected chi connectivity index (χ1v) is 9.25. The van der Waals surface area contributed by atoms with Crippen LogP contribution in [0.3, 0.4) is 0 Å². The molecule has 0 saturated carbocycles. The highest BCUT2D eigenvalue weighted by Crippen LogP contribution is 2.14. The molecule has 128 valence electrons. The van der Waals surface area contributed by atoms with Gasteiger partial charge in [-0.1, -0.05) is 83.6 Å². The molecule has 0 fully saturated rings. The van der Waals surface area contributed by atoms with Gasteiger partial charge >= 0.3 is 0 Å². The van der Waals surface area contributed by atoms with Gasteiger partial charge in [0.15, 0.2) is 0 Å². The van der Waals surface area contributed by atoms with Gasteiger partial charge in [0.25, 0.3) is 0 Å². The molecule has 1 aromatic rings. The molecule has 0 aliphatic carbocycles. The zero-order valence-corrected chi connectivity index (χ0v) is 16.5. The summed E-state index contributed by atoms with van der Waals surface area (Å²) >= 11 is 0. The molecular formula is C20H36BrN. The summed E-state index contributed by atoms with van der Waals surface area (Å²) < 4.78 is 0. The molecule has 0 amide bonds. The third-order valence-electron chi connectivity index (χ3n) is 4.42. The average molecular weight is 370 g/mol. The average Bonchev–Trinajstić information content (AvgIpc) is 2.50. The molecule has 0 spiro atoms. The van der Waals surface area contributed by atoms with Crippen LogP contribution in [-0.2, 0) is 6.42 Å². The molecule has 0 N–H and O–H groups in total. The first kappa shape index (κ1) is 21.6. The number of unbranched alkanes of at least 4 members (excludes halogenated alkanes) is 11. The summed E-state index contributed by atoms with van der Waals surface area (Å²) in [6.45, 7) is 4.41. The third kappa shape index (κ3) is 11.2. The first-order chi connectivity index (χ1) is 10.3. The van der Waals surface area contributed by atoms with E-state index < -0.39 is 0 Å². The van der Waals surface area contributed by atoms with E-state index in [2.05, 4.69) is 31.0 Å². The number of nitrogens with zero attached hydrogens (tertiary/aromatic N) is 1. The van der Waals surface area contributed by atoms with Crippen molar-refractivity contribution in [3.8, 4) is 0 Å². The molecule has 0 saturated heterocycles. The van der Waals surface area contributed by atoms with E-state index in [1.807, 2.05) is 6.20 Å². The normalized spacial score (nSPS) is 10.5. The summed E-state index contributed by atoms with van der Waals surface area (Å²) in [5.74, 6) is 0. The van der Waals surface area contributed by atoms with Crippen LogP contribution in [0.15, 0.2) is 18.3 Å². The molecular weight excluding hydrogens is 334 g/mol. The zero-order chi connectivity index (χ0) is 15.2. The van der Waals surface area contributed by atoms with Crippen LogP contribution in [0.25, 0.3) is 0 Å². The van der Waals surface area contributed by atoms with E-state index in [4.69, 9.17) is 0 Å². The molecule has 0 aliphatic rings. The number of aryl methyl sites for hydroxylation is 2. The topological polar surface area (TPSA) is 12.9 Å². The van der Waals surface area contributed by atoms with E-state index in [9.17, 15) is 0 Å². The van der Waals surface area contributed by atoms with Gasteiger partial charge in [-0.05, 0) is 31.4 Å². The van der Waals surface area contributed by atoms with Crippen molar-refractivity contribution < 1.29 is 0 Å². The van der Waals surface area contributed by atoms with Crippen LogP contribution in [-0.4, -0.2) is 4.98 Å². The Balaban J connectivity index is 0.00000441. The highest BCUT2D eigenvalue weighted by atomic mass is 79.9. The van der Waals surface area contributed by atoms with Crippen molar-refractivity contribution >= 4 is 17.0 Å². The van der Waals surface area contributed by atoms with Crippen molar-refractivity contribution in [3.63, 3.8) is 0 Å². The highest BCUT2D eigenvalue weighted by Gasteiger charge is 1.98. The summed E-state index contributed by atoms with van der Waals surface area (Å²) in [6, 6.07) is 4.28. The number of pyridine rings is 1. The van der Waals surface area contributed by atoms with E-state index >= 15 is 0 Å². The second-order valence-electron chi connectivity index (χ2n) is 6.39. The van der Waals surface area contributed by atoms with Gasteiger partial charge in [-0.3, -0.25) is 4.98 Å². The highest BCUT2D eigenvalue weighted by molar-refractivity contribution is 8.93. The van der Waals surface area contributed by atoms with Crippen LogP contribution >= 0.6 is 17.0 Å². The Kier molecular flexibility index (Phi) is 15.3. The molecule has 0 atom stereocenters. The van der Waals surface area contributed by atoms with E-state index in [1.54, 1.807) is 0 Å². The molecule has 0 radical (unpaired) electrons. The molecule has 1 aromatic heterocycles. The number of halogens is 1. The van der Waals surface area contributed by atoms with Crippen LogP contribution in [0, 0.1) is 6.92 Å². The van der Waals surface area contributed by atoms with Crippen LogP contribution in [0.5, 0.6) is 0 Å². The van der Waals surface area contributed by atoms with Crippen molar-refractivity contribution in [1.82, 2.24) is 4.98 Å². The molecule has 1 heterocycles. The minimum absolute atomic E-state index is 0. The number of hydrogen-bond acceptors (Lipinski definition) is 1. The number of rotatable bonds is 13. The van der Waals surface area contributed by atoms with E-state index in [1.165, 1.54) is 94.7 Å². The predicted molar refractivity (Wildman–Crippen MR) is 104 cm³/mol. The maximum absolute atomic E-state index is 4.35. The molecule has 0 unspecified atom stereocenters. The molecule has 0 aromatic carbocycles. The molecule has 22 heavy (non-hydrogen) atoms. The van der Waals surface area contributed by atoms with Gasteiger partial charge < -0.3 is 0 Å². The number of hydrogen-bond donors (Lipinski definition) is 0. The van der Waals surface area contributed by atoms with Gasteiger partial charge in [0, 0.05) is 11.9 Å². The summed E-state index contributed by atoms with van der Waals surface area (Å²) in [5, 5.41) is 0. The molecule has 0 bridgehead atoms. The van der Waals surface area contributed by atoms with Crippen molar-refractivity contribution in [2.45, 2.75) is 97.3 Å². The largest absolute Gasteiger partial charge is 0.261 e. The summed E-state index contributed by atoms with van der Waals surface area (Å²) in [4.78, 5) is 4.35. The van der Waals surface area contributed by atoms with E-state index in [-0.39, 0.29) is 17.0 Å². The Hall–Kier alpha value is -0.370. The predicted octanol–water partition coefficient (Wildman–Crippen LogP) is 7.21. The van der Waals surface area contributed by atoms with E-state index in [0.29, 0.717) is 0 Å². The zero-order valence-electron chi connectivity index (χ0n) is 14.8. The second kappa shape index (κ2) is 15.5. The standard InChI is InChI=1S/C20H35N.BrH/c1-3-4-5-6-7-8-9-10-11-12-13-14-16-20-17-15-18-21-19(20)2;/h15,17-18H,3-14,16H2,1-2H3;1H.